The SMILES string of the molecule is CCCCCCCCCCCCCCCC(=O)Oc1c(C(C)C)cc2c3c1OC(=O)[C@@]31CCCC(C)(C)C1CC2. The van der Waals surface area contributed by atoms with Crippen LogP contribution < -0.4 is 9.47 Å². The molecular weight excluding hydrogens is 496 g/mol. The van der Waals surface area contributed by atoms with Crippen LogP contribution in [-0.2, 0) is 21.4 Å². The predicted octanol–water partition coefficient (Wildman–Crippen LogP) is 10.1. The molecule has 1 saturated carbocycles. The lowest BCUT2D eigenvalue weighted by atomic mass is 9.50. The van der Waals surface area contributed by atoms with Crippen LogP contribution in [0.25, 0.3) is 0 Å². The van der Waals surface area contributed by atoms with E-state index in [-0.39, 0.29) is 29.2 Å². The second kappa shape index (κ2) is 13.9. The summed E-state index contributed by atoms with van der Waals surface area (Å²) in [6.45, 7) is 11.1. The van der Waals surface area contributed by atoms with Gasteiger partial charge in [0.2, 0.25) is 0 Å². The van der Waals surface area contributed by atoms with E-state index in [0.717, 1.165) is 56.1 Å². The topological polar surface area (TPSA) is 52.6 Å². The molecule has 1 heterocycles. The lowest BCUT2D eigenvalue weighted by molar-refractivity contribution is -0.146. The van der Waals surface area contributed by atoms with Crippen LogP contribution >= 0.6 is 0 Å². The summed E-state index contributed by atoms with van der Waals surface area (Å²) in [6, 6.07) is 2.22. The standard InChI is InChI=1S/C36H56O4/c1-6-7-8-9-10-11-12-13-14-15-16-17-18-20-30(37)39-32-28(26(2)3)25-27-21-22-29-35(4,5)23-19-24-36(29)31(27)33(32)40-34(36)38/h25-26,29H,6-24H2,1-5H3/t29?,36-/m1/s1. The average Bonchev–Trinajstić information content (AvgIpc) is 3.20. The minimum atomic E-state index is -0.573. The number of aryl methyl sites for hydroxylation is 1. The first-order valence-electron chi connectivity index (χ1n) is 16.9. The van der Waals surface area contributed by atoms with Crippen molar-refractivity contribution in [2.24, 2.45) is 11.3 Å². The molecule has 1 aromatic carbocycles. The van der Waals surface area contributed by atoms with Gasteiger partial charge in [-0.1, -0.05) is 124 Å². The Morgan fingerprint density at radius 1 is 0.950 bits per heavy atom. The predicted molar refractivity (Wildman–Crippen MR) is 163 cm³/mol. The minimum absolute atomic E-state index is 0.0956. The maximum atomic E-state index is 13.7. The van der Waals surface area contributed by atoms with E-state index in [1.54, 1.807) is 0 Å². The molecule has 0 N–H and O–H groups in total. The molecule has 0 aromatic heterocycles. The van der Waals surface area contributed by atoms with E-state index >= 15 is 0 Å². The number of esters is 2. The Morgan fingerprint density at radius 3 is 2.15 bits per heavy atom. The molecule has 4 heteroatoms. The zero-order valence-corrected chi connectivity index (χ0v) is 26.3. The van der Waals surface area contributed by atoms with Crippen LogP contribution in [0.15, 0.2) is 6.07 Å². The highest BCUT2D eigenvalue weighted by molar-refractivity contribution is 5.94. The van der Waals surface area contributed by atoms with Crippen LogP contribution in [0, 0.1) is 11.3 Å². The third kappa shape index (κ3) is 6.62. The fourth-order valence-electron chi connectivity index (χ4n) is 8.09. The van der Waals surface area contributed by atoms with Crippen molar-refractivity contribution in [1.29, 1.82) is 0 Å². The Bertz CT molecular complexity index is 1020. The molecule has 1 fully saturated rings. The van der Waals surface area contributed by atoms with Crippen LogP contribution in [-0.4, -0.2) is 11.9 Å². The first-order chi connectivity index (χ1) is 19.2. The second-order valence-electron chi connectivity index (χ2n) is 14.1. The highest BCUT2D eigenvalue weighted by atomic mass is 16.6. The van der Waals surface area contributed by atoms with Crippen molar-refractivity contribution in [1.82, 2.24) is 0 Å². The van der Waals surface area contributed by atoms with Gasteiger partial charge in [0.15, 0.2) is 11.5 Å². The number of carbonyl (C=O) groups excluding carboxylic acids is 2. The zero-order chi connectivity index (χ0) is 28.8. The molecule has 40 heavy (non-hydrogen) atoms. The molecule has 4 nitrogen and oxygen atoms in total. The van der Waals surface area contributed by atoms with Crippen molar-refractivity contribution in [3.8, 4) is 11.5 Å². The minimum Gasteiger partial charge on any atom is -0.422 e. The Balaban J connectivity index is 1.31. The summed E-state index contributed by atoms with van der Waals surface area (Å²) >= 11 is 0. The molecule has 2 atom stereocenters. The van der Waals surface area contributed by atoms with Crippen molar-refractivity contribution in [2.75, 3.05) is 0 Å². The molecule has 0 amide bonds. The molecular formula is C36H56O4. The van der Waals surface area contributed by atoms with Gasteiger partial charge in [-0.25, -0.2) is 0 Å². The quantitative estimate of drug-likeness (QED) is 0.116. The van der Waals surface area contributed by atoms with E-state index < -0.39 is 5.41 Å². The van der Waals surface area contributed by atoms with Gasteiger partial charge >= 0.3 is 11.9 Å². The number of benzene rings is 1. The molecule has 4 rings (SSSR count). The van der Waals surface area contributed by atoms with Gasteiger partial charge in [0.1, 0.15) is 5.41 Å². The van der Waals surface area contributed by atoms with Gasteiger partial charge in [-0.2, -0.15) is 0 Å². The first kappa shape index (κ1) is 31.1. The smallest absolute Gasteiger partial charge is 0.322 e. The molecule has 0 saturated heterocycles. The van der Waals surface area contributed by atoms with E-state index in [2.05, 4.69) is 40.7 Å². The van der Waals surface area contributed by atoms with Gasteiger partial charge in [0, 0.05) is 17.5 Å². The Labute approximate surface area is 244 Å². The van der Waals surface area contributed by atoms with Crippen LogP contribution in [0.1, 0.15) is 173 Å². The molecule has 1 aliphatic heterocycles. The molecule has 1 aromatic rings. The Hall–Kier alpha value is -1.84. The van der Waals surface area contributed by atoms with Gasteiger partial charge < -0.3 is 9.47 Å². The van der Waals surface area contributed by atoms with Crippen LogP contribution in [0.3, 0.4) is 0 Å². The summed E-state index contributed by atoms with van der Waals surface area (Å²) in [7, 11) is 0. The van der Waals surface area contributed by atoms with Crippen molar-refractivity contribution in [3.63, 3.8) is 0 Å². The summed E-state index contributed by atoms with van der Waals surface area (Å²) < 4.78 is 12.2. The first-order valence-corrected chi connectivity index (χ1v) is 16.9. The molecule has 0 radical (unpaired) electrons. The lowest BCUT2D eigenvalue weighted by Gasteiger charge is -2.51. The number of carbonyl (C=O) groups is 2. The third-order valence-corrected chi connectivity index (χ3v) is 10.3. The number of unbranched alkanes of at least 4 members (excludes halogenated alkanes) is 12. The maximum Gasteiger partial charge on any atom is 0.322 e. The molecule has 3 aliphatic rings. The summed E-state index contributed by atoms with van der Waals surface area (Å²) in [5, 5.41) is 0. The fraction of sp³-hybridized carbons (Fsp3) is 0.778. The van der Waals surface area contributed by atoms with E-state index in [4.69, 9.17) is 9.47 Å². The third-order valence-electron chi connectivity index (χ3n) is 10.3. The van der Waals surface area contributed by atoms with Gasteiger partial charge in [0.05, 0.1) is 0 Å². The summed E-state index contributed by atoms with van der Waals surface area (Å²) in [5.74, 6) is 1.21. The number of hydrogen-bond acceptors (Lipinski definition) is 4. The van der Waals surface area contributed by atoms with Crippen LogP contribution in [0.5, 0.6) is 11.5 Å². The van der Waals surface area contributed by atoms with Crippen LogP contribution in [0.4, 0.5) is 0 Å². The second-order valence-corrected chi connectivity index (χ2v) is 14.1. The van der Waals surface area contributed by atoms with Gasteiger partial charge in [-0.05, 0) is 54.9 Å². The van der Waals surface area contributed by atoms with Gasteiger partial charge in [0.25, 0.3) is 0 Å². The zero-order valence-electron chi connectivity index (χ0n) is 26.3. The normalized spacial score (nSPS) is 22.6. The van der Waals surface area contributed by atoms with E-state index in [9.17, 15) is 9.59 Å². The van der Waals surface area contributed by atoms with E-state index in [0.29, 0.717) is 17.9 Å². The van der Waals surface area contributed by atoms with E-state index in [1.165, 1.54) is 76.2 Å². The highest BCUT2D eigenvalue weighted by Gasteiger charge is 2.62. The van der Waals surface area contributed by atoms with Gasteiger partial charge in [-0.15, -0.1) is 0 Å². The summed E-state index contributed by atoms with van der Waals surface area (Å²) in [4.78, 5) is 26.7. The van der Waals surface area contributed by atoms with Crippen molar-refractivity contribution in [2.45, 2.75) is 168 Å². The van der Waals surface area contributed by atoms with Crippen molar-refractivity contribution in [3.05, 3.63) is 22.8 Å². The Kier molecular flexibility index (Phi) is 10.8. The monoisotopic (exact) mass is 552 g/mol. The molecule has 2 aliphatic carbocycles. The number of rotatable bonds is 16. The molecule has 1 spiro atoms. The maximum absolute atomic E-state index is 13.7. The molecule has 224 valence electrons. The van der Waals surface area contributed by atoms with Crippen molar-refractivity contribution < 1.29 is 19.1 Å². The molecule has 1 unspecified atom stereocenters. The number of ether oxygens (including phenoxy) is 2. The number of hydrogen-bond donors (Lipinski definition) is 0. The van der Waals surface area contributed by atoms with E-state index in [1.807, 2.05) is 0 Å². The average molecular weight is 553 g/mol. The lowest BCUT2D eigenvalue weighted by Crippen LogP contribution is -2.52. The van der Waals surface area contributed by atoms with Crippen LogP contribution in [0.2, 0.25) is 0 Å². The largest absolute Gasteiger partial charge is 0.422 e. The van der Waals surface area contributed by atoms with Gasteiger partial charge in [-0.3, -0.25) is 9.59 Å². The summed E-state index contributed by atoms with van der Waals surface area (Å²) in [6.07, 6.45) is 22.1. The Morgan fingerprint density at radius 2 is 1.55 bits per heavy atom. The van der Waals surface area contributed by atoms with Crippen molar-refractivity contribution >= 4 is 11.9 Å². The molecule has 0 bridgehead atoms. The highest BCUT2D eigenvalue weighted by Crippen LogP contribution is 2.64. The summed E-state index contributed by atoms with van der Waals surface area (Å²) in [5.41, 5.74) is 2.80. The fourth-order valence-corrected chi connectivity index (χ4v) is 8.09.